The largest absolute Gasteiger partial charge is 0.484 e. The van der Waals surface area contributed by atoms with E-state index in [1.54, 1.807) is 24.3 Å². The number of benzene rings is 3. The van der Waals surface area contributed by atoms with Crippen molar-refractivity contribution in [3.05, 3.63) is 88.7 Å². The van der Waals surface area contributed by atoms with Crippen molar-refractivity contribution in [3.8, 4) is 5.75 Å². The highest BCUT2D eigenvalue weighted by Gasteiger charge is 2.17. The van der Waals surface area contributed by atoms with Crippen LogP contribution in [0.5, 0.6) is 5.75 Å². The molecule has 0 fully saturated rings. The van der Waals surface area contributed by atoms with E-state index in [-0.39, 0.29) is 23.0 Å². The van der Waals surface area contributed by atoms with Crippen LogP contribution >= 0.6 is 11.6 Å². The number of nitrogens with one attached hydrogen (secondary N) is 2. The number of carbonyl (C=O) groups excluding carboxylic acids is 2. The summed E-state index contributed by atoms with van der Waals surface area (Å²) in [5.41, 5.74) is 2.43. The van der Waals surface area contributed by atoms with Crippen LogP contribution < -0.4 is 15.4 Å². The van der Waals surface area contributed by atoms with Crippen molar-refractivity contribution in [1.29, 1.82) is 0 Å². The second-order valence-corrected chi connectivity index (χ2v) is 8.67. The Kier molecular flexibility index (Phi) is 7.71. The van der Waals surface area contributed by atoms with E-state index in [1.165, 1.54) is 23.8 Å². The molecule has 0 aromatic heterocycles. The zero-order valence-electron chi connectivity index (χ0n) is 18.7. The minimum Gasteiger partial charge on any atom is -0.484 e. The topological polar surface area (TPSA) is 67.4 Å². The van der Waals surface area contributed by atoms with Crippen LogP contribution in [0.3, 0.4) is 0 Å². The summed E-state index contributed by atoms with van der Waals surface area (Å²) in [6, 6.07) is 18.1. The fourth-order valence-corrected chi connectivity index (χ4v) is 3.25. The fraction of sp³-hybridized carbons (Fsp3) is 0.231. The molecule has 0 radical (unpaired) electrons. The smallest absolute Gasteiger partial charge is 0.262 e. The van der Waals surface area contributed by atoms with Crippen molar-refractivity contribution in [3.63, 3.8) is 0 Å². The Morgan fingerprint density at radius 2 is 1.67 bits per heavy atom. The molecule has 3 rings (SSSR count). The Morgan fingerprint density at radius 3 is 2.33 bits per heavy atom. The lowest BCUT2D eigenvalue weighted by Crippen LogP contribution is -2.21. The van der Waals surface area contributed by atoms with Gasteiger partial charge in [0.25, 0.3) is 11.8 Å². The first kappa shape index (κ1) is 24.3. The molecule has 0 saturated heterocycles. The quantitative estimate of drug-likeness (QED) is 0.400. The number of rotatable bonds is 8. The van der Waals surface area contributed by atoms with Crippen molar-refractivity contribution in [2.75, 3.05) is 17.2 Å². The molecule has 0 saturated carbocycles. The van der Waals surface area contributed by atoms with Gasteiger partial charge in [0.15, 0.2) is 6.61 Å². The lowest BCUT2D eigenvalue weighted by Gasteiger charge is -2.23. The van der Waals surface area contributed by atoms with Gasteiger partial charge in [-0.1, -0.05) is 50.6 Å². The van der Waals surface area contributed by atoms with Crippen LogP contribution in [-0.4, -0.2) is 18.4 Å². The Balaban J connectivity index is 1.56. The van der Waals surface area contributed by atoms with Gasteiger partial charge in [-0.05, 0) is 65.9 Å². The van der Waals surface area contributed by atoms with Crippen molar-refractivity contribution >= 4 is 34.8 Å². The molecule has 2 N–H and O–H groups in total. The third kappa shape index (κ3) is 6.56. The Morgan fingerprint density at radius 1 is 0.970 bits per heavy atom. The second kappa shape index (κ2) is 10.5. The summed E-state index contributed by atoms with van der Waals surface area (Å²) in [5.74, 6) is -0.731. The summed E-state index contributed by atoms with van der Waals surface area (Å²) in [7, 11) is 0. The molecule has 2 amide bonds. The second-order valence-electron chi connectivity index (χ2n) is 8.26. The van der Waals surface area contributed by atoms with E-state index in [0.29, 0.717) is 22.7 Å². The average Bonchev–Trinajstić information content (AvgIpc) is 2.80. The van der Waals surface area contributed by atoms with Gasteiger partial charge in [0, 0.05) is 16.9 Å². The number of anilines is 2. The summed E-state index contributed by atoms with van der Waals surface area (Å²) >= 11 is 5.75. The summed E-state index contributed by atoms with van der Waals surface area (Å²) in [4.78, 5) is 24.8. The molecule has 7 heteroatoms. The maximum atomic E-state index is 13.3. The molecule has 0 atom stereocenters. The van der Waals surface area contributed by atoms with Crippen molar-refractivity contribution < 1.29 is 18.7 Å². The molecule has 5 nitrogen and oxygen atoms in total. The highest BCUT2D eigenvalue weighted by Crippen LogP contribution is 2.28. The van der Waals surface area contributed by atoms with Gasteiger partial charge >= 0.3 is 0 Å². The van der Waals surface area contributed by atoms with E-state index in [1.807, 2.05) is 24.3 Å². The summed E-state index contributed by atoms with van der Waals surface area (Å²) < 4.78 is 18.9. The lowest BCUT2D eigenvalue weighted by atomic mass is 9.82. The summed E-state index contributed by atoms with van der Waals surface area (Å²) in [5, 5.41) is 5.28. The number of amides is 2. The summed E-state index contributed by atoms with van der Waals surface area (Å²) in [6.07, 6.45) is 1.02. The van der Waals surface area contributed by atoms with Crippen LogP contribution in [0.4, 0.5) is 15.8 Å². The van der Waals surface area contributed by atoms with E-state index in [9.17, 15) is 14.0 Å². The van der Waals surface area contributed by atoms with Gasteiger partial charge in [-0.3, -0.25) is 9.59 Å². The first-order valence-electron chi connectivity index (χ1n) is 10.6. The standard InChI is InChI=1S/C26H26ClFN2O3/c1-4-26(2,3)18-8-11-21(12-9-18)33-16-24(31)29-19-7-5-6-17(14-19)25(32)30-20-10-13-23(28)22(27)15-20/h5-15H,4,16H2,1-3H3,(H,29,31)(H,30,32). The van der Waals surface area contributed by atoms with Gasteiger partial charge in [0.1, 0.15) is 11.6 Å². The van der Waals surface area contributed by atoms with Gasteiger partial charge < -0.3 is 15.4 Å². The van der Waals surface area contributed by atoms with Gasteiger partial charge in [0.2, 0.25) is 0 Å². The first-order chi connectivity index (χ1) is 15.7. The predicted octanol–water partition coefficient (Wildman–Crippen LogP) is 6.44. The van der Waals surface area contributed by atoms with Gasteiger partial charge in [-0.2, -0.15) is 0 Å². The van der Waals surface area contributed by atoms with Crippen molar-refractivity contribution in [2.45, 2.75) is 32.6 Å². The van der Waals surface area contributed by atoms with Crippen LogP contribution in [0.1, 0.15) is 43.1 Å². The predicted molar refractivity (Wildman–Crippen MR) is 130 cm³/mol. The van der Waals surface area contributed by atoms with Crippen molar-refractivity contribution in [2.24, 2.45) is 0 Å². The Bertz CT molecular complexity index is 1150. The molecule has 0 aliphatic heterocycles. The van der Waals surface area contributed by atoms with Crippen LogP contribution in [0.15, 0.2) is 66.7 Å². The van der Waals surface area contributed by atoms with E-state index in [4.69, 9.17) is 16.3 Å². The first-order valence-corrected chi connectivity index (χ1v) is 11.0. The molecule has 0 unspecified atom stereocenters. The van der Waals surface area contributed by atoms with Crippen LogP contribution in [0, 0.1) is 5.82 Å². The molecule has 0 heterocycles. The third-order valence-electron chi connectivity index (χ3n) is 5.48. The number of halogens is 2. The lowest BCUT2D eigenvalue weighted by molar-refractivity contribution is -0.118. The van der Waals surface area contributed by atoms with E-state index >= 15 is 0 Å². The molecular weight excluding hydrogens is 443 g/mol. The zero-order chi connectivity index (χ0) is 24.0. The number of ether oxygens (including phenoxy) is 1. The van der Waals surface area contributed by atoms with E-state index in [2.05, 4.69) is 31.4 Å². The van der Waals surface area contributed by atoms with Gasteiger partial charge in [-0.15, -0.1) is 0 Å². The van der Waals surface area contributed by atoms with Crippen LogP contribution in [0.25, 0.3) is 0 Å². The molecule has 0 aliphatic carbocycles. The van der Waals surface area contributed by atoms with Gasteiger partial charge in [-0.25, -0.2) is 4.39 Å². The Hall–Kier alpha value is -3.38. The highest BCUT2D eigenvalue weighted by molar-refractivity contribution is 6.31. The molecule has 0 spiro atoms. The number of carbonyl (C=O) groups is 2. The fourth-order valence-electron chi connectivity index (χ4n) is 3.07. The minimum atomic E-state index is -0.567. The average molecular weight is 469 g/mol. The minimum absolute atomic E-state index is 0.0795. The molecule has 3 aromatic carbocycles. The van der Waals surface area contributed by atoms with Crippen LogP contribution in [-0.2, 0) is 10.2 Å². The molecule has 0 bridgehead atoms. The highest BCUT2D eigenvalue weighted by atomic mass is 35.5. The normalized spacial score (nSPS) is 11.1. The van der Waals surface area contributed by atoms with E-state index in [0.717, 1.165) is 6.42 Å². The molecule has 172 valence electrons. The zero-order valence-corrected chi connectivity index (χ0v) is 19.5. The number of hydrogen-bond acceptors (Lipinski definition) is 3. The Labute approximate surface area is 197 Å². The summed E-state index contributed by atoms with van der Waals surface area (Å²) in [6.45, 7) is 6.34. The maximum Gasteiger partial charge on any atom is 0.262 e. The van der Waals surface area contributed by atoms with Crippen LogP contribution in [0.2, 0.25) is 5.02 Å². The van der Waals surface area contributed by atoms with E-state index < -0.39 is 11.7 Å². The SMILES string of the molecule is CCC(C)(C)c1ccc(OCC(=O)Nc2cccc(C(=O)Nc3ccc(F)c(Cl)c3)c2)cc1. The molecular formula is C26H26ClFN2O3. The molecule has 0 aliphatic rings. The molecule has 33 heavy (non-hydrogen) atoms. The maximum absolute atomic E-state index is 13.3. The monoisotopic (exact) mass is 468 g/mol. The number of hydrogen-bond donors (Lipinski definition) is 2. The van der Waals surface area contributed by atoms with Gasteiger partial charge in [0.05, 0.1) is 5.02 Å². The molecule has 3 aromatic rings. The van der Waals surface area contributed by atoms with Crippen molar-refractivity contribution in [1.82, 2.24) is 0 Å². The third-order valence-corrected chi connectivity index (χ3v) is 5.77.